The quantitative estimate of drug-likeness (QED) is 0.705. The van der Waals surface area contributed by atoms with E-state index in [2.05, 4.69) is 32.3 Å². The van der Waals surface area contributed by atoms with Crippen LogP contribution in [0, 0.1) is 5.41 Å². The van der Waals surface area contributed by atoms with Gasteiger partial charge in [0, 0.05) is 18.3 Å². The van der Waals surface area contributed by atoms with Crippen LogP contribution in [-0.4, -0.2) is 35.5 Å². The van der Waals surface area contributed by atoms with E-state index in [1.54, 1.807) is 0 Å². The number of nitrogens with zero attached hydrogens (tertiary/aromatic N) is 1. The Balaban J connectivity index is 2.18. The van der Waals surface area contributed by atoms with E-state index in [1.165, 1.54) is 48.8 Å². The van der Waals surface area contributed by atoms with Crippen molar-refractivity contribution < 1.29 is 0 Å². The van der Waals surface area contributed by atoms with E-state index in [1.807, 2.05) is 23.5 Å². The number of hydrogen-bond donors (Lipinski definition) is 1. The summed E-state index contributed by atoms with van der Waals surface area (Å²) in [6.45, 7) is 7.92. The minimum Gasteiger partial charge on any atom is -0.362 e. The van der Waals surface area contributed by atoms with Gasteiger partial charge in [-0.25, -0.2) is 0 Å². The maximum absolute atomic E-state index is 4.73. The number of unbranched alkanes of at least 4 members (excludes halogenated alkanes) is 3. The van der Waals surface area contributed by atoms with Crippen LogP contribution in [0.1, 0.15) is 52.9 Å². The molecule has 0 aliphatic carbocycles. The standard InChI is InChI=1S/C15H30N2S2/c1-15(2,3)13-9-12-19-14(17-13)16-10-7-5-6-8-11-18-4/h13H,5-12H2,1-4H3,(H,16,17). The van der Waals surface area contributed by atoms with E-state index in [-0.39, 0.29) is 0 Å². The number of nitrogens with one attached hydrogen (secondary N) is 1. The third kappa shape index (κ3) is 7.50. The molecule has 0 spiro atoms. The molecule has 0 saturated carbocycles. The van der Waals surface area contributed by atoms with Crippen molar-refractivity contribution >= 4 is 28.7 Å². The number of rotatable bonds is 7. The Bertz CT molecular complexity index is 272. The molecule has 2 nitrogen and oxygen atoms in total. The van der Waals surface area contributed by atoms with Crippen LogP contribution in [0.4, 0.5) is 0 Å². The summed E-state index contributed by atoms with van der Waals surface area (Å²) in [6.07, 6.45) is 8.71. The highest BCUT2D eigenvalue weighted by Gasteiger charge is 2.28. The van der Waals surface area contributed by atoms with Gasteiger partial charge in [-0.05, 0) is 36.7 Å². The van der Waals surface area contributed by atoms with Crippen LogP contribution in [-0.2, 0) is 0 Å². The van der Waals surface area contributed by atoms with Crippen molar-refractivity contribution in [2.24, 2.45) is 10.4 Å². The van der Waals surface area contributed by atoms with Crippen LogP contribution in [0.25, 0.3) is 0 Å². The zero-order valence-corrected chi connectivity index (χ0v) is 14.6. The van der Waals surface area contributed by atoms with Crippen LogP contribution in [0.2, 0.25) is 0 Å². The van der Waals surface area contributed by atoms with E-state index in [4.69, 9.17) is 4.99 Å². The molecule has 0 radical (unpaired) electrons. The summed E-state index contributed by atoms with van der Waals surface area (Å²) in [7, 11) is 0. The lowest BCUT2D eigenvalue weighted by Crippen LogP contribution is -2.46. The first-order valence-electron chi connectivity index (χ1n) is 7.47. The number of amidine groups is 1. The van der Waals surface area contributed by atoms with Crippen molar-refractivity contribution in [1.82, 2.24) is 5.32 Å². The fourth-order valence-electron chi connectivity index (χ4n) is 2.17. The Morgan fingerprint density at radius 2 is 2.00 bits per heavy atom. The van der Waals surface area contributed by atoms with Gasteiger partial charge in [0.2, 0.25) is 0 Å². The van der Waals surface area contributed by atoms with Crippen molar-refractivity contribution in [1.29, 1.82) is 0 Å². The second-order valence-electron chi connectivity index (χ2n) is 6.29. The van der Waals surface area contributed by atoms with Crippen LogP contribution < -0.4 is 5.32 Å². The molecule has 1 atom stereocenters. The molecule has 0 aromatic heterocycles. The molecule has 1 unspecified atom stereocenters. The van der Waals surface area contributed by atoms with Gasteiger partial charge in [-0.3, -0.25) is 4.99 Å². The van der Waals surface area contributed by atoms with Crippen LogP contribution in [0.5, 0.6) is 0 Å². The molecular weight excluding hydrogens is 272 g/mol. The average molecular weight is 303 g/mol. The van der Waals surface area contributed by atoms with E-state index in [0.717, 1.165) is 6.54 Å². The molecule has 1 saturated heterocycles. The molecule has 0 aromatic carbocycles. The normalized spacial score (nSPS) is 22.5. The van der Waals surface area contributed by atoms with Gasteiger partial charge in [0.25, 0.3) is 0 Å². The Kier molecular flexibility index (Phi) is 8.31. The molecule has 0 aromatic rings. The van der Waals surface area contributed by atoms with Crippen molar-refractivity contribution in [3.8, 4) is 0 Å². The zero-order valence-electron chi connectivity index (χ0n) is 13.0. The van der Waals surface area contributed by atoms with Crippen LogP contribution in [0.3, 0.4) is 0 Å². The Morgan fingerprint density at radius 3 is 2.68 bits per heavy atom. The Labute approximate surface area is 128 Å². The second-order valence-corrected chi connectivity index (χ2v) is 8.36. The lowest BCUT2D eigenvalue weighted by molar-refractivity contribution is 0.290. The van der Waals surface area contributed by atoms with Gasteiger partial charge in [-0.2, -0.15) is 11.8 Å². The average Bonchev–Trinajstić information content (AvgIpc) is 2.37. The summed E-state index contributed by atoms with van der Waals surface area (Å²) in [6, 6.07) is 0.578. The monoisotopic (exact) mass is 302 g/mol. The van der Waals surface area contributed by atoms with Gasteiger partial charge in [0.05, 0.1) is 0 Å². The highest BCUT2D eigenvalue weighted by atomic mass is 32.2. The van der Waals surface area contributed by atoms with E-state index in [0.29, 0.717) is 11.5 Å². The van der Waals surface area contributed by atoms with Crippen molar-refractivity contribution in [3.05, 3.63) is 0 Å². The summed E-state index contributed by atoms with van der Waals surface area (Å²) < 4.78 is 0. The summed E-state index contributed by atoms with van der Waals surface area (Å²) in [5.74, 6) is 2.51. The molecule has 1 aliphatic heterocycles. The summed E-state index contributed by atoms with van der Waals surface area (Å²) in [4.78, 5) is 4.73. The Hall–Kier alpha value is 0.170. The molecular formula is C15H30N2S2. The fourth-order valence-corrected chi connectivity index (χ4v) is 3.62. The zero-order chi connectivity index (χ0) is 14.1. The van der Waals surface area contributed by atoms with Crippen molar-refractivity contribution in [2.45, 2.75) is 58.9 Å². The third-order valence-electron chi connectivity index (χ3n) is 3.50. The predicted molar refractivity (Wildman–Crippen MR) is 92.6 cm³/mol. The third-order valence-corrected chi connectivity index (χ3v) is 5.16. The maximum Gasteiger partial charge on any atom is 0.156 e. The van der Waals surface area contributed by atoms with Crippen LogP contribution in [0.15, 0.2) is 4.99 Å². The van der Waals surface area contributed by atoms with Crippen molar-refractivity contribution in [2.75, 3.05) is 24.3 Å². The molecule has 0 bridgehead atoms. The molecule has 0 amide bonds. The highest BCUT2D eigenvalue weighted by Crippen LogP contribution is 2.27. The summed E-state index contributed by atoms with van der Waals surface area (Å²) in [5, 5.41) is 4.79. The van der Waals surface area contributed by atoms with Gasteiger partial charge < -0.3 is 5.32 Å². The molecule has 1 aliphatic rings. The summed E-state index contributed by atoms with van der Waals surface area (Å²) in [5.41, 5.74) is 0.333. The topological polar surface area (TPSA) is 24.4 Å². The maximum atomic E-state index is 4.73. The first-order chi connectivity index (χ1) is 9.04. The molecule has 1 N–H and O–H groups in total. The molecule has 1 heterocycles. The Morgan fingerprint density at radius 1 is 1.26 bits per heavy atom. The van der Waals surface area contributed by atoms with Gasteiger partial charge >= 0.3 is 0 Å². The lowest BCUT2D eigenvalue weighted by Gasteiger charge is -2.35. The van der Waals surface area contributed by atoms with Gasteiger partial charge in [-0.15, -0.1) is 0 Å². The largest absolute Gasteiger partial charge is 0.362 e. The van der Waals surface area contributed by atoms with Gasteiger partial charge in [-0.1, -0.05) is 45.4 Å². The molecule has 1 rings (SSSR count). The van der Waals surface area contributed by atoms with E-state index in [9.17, 15) is 0 Å². The predicted octanol–water partition coefficient (Wildman–Crippen LogP) is 4.41. The van der Waals surface area contributed by atoms with E-state index >= 15 is 0 Å². The molecule has 1 fully saturated rings. The van der Waals surface area contributed by atoms with E-state index < -0.39 is 0 Å². The molecule has 4 heteroatoms. The van der Waals surface area contributed by atoms with Crippen LogP contribution >= 0.6 is 23.5 Å². The van der Waals surface area contributed by atoms with Gasteiger partial charge in [0.1, 0.15) is 0 Å². The molecule has 19 heavy (non-hydrogen) atoms. The lowest BCUT2D eigenvalue weighted by atomic mass is 9.85. The molecule has 112 valence electrons. The SMILES string of the molecule is CSCCCCCCN=C1NC(C(C)(C)C)CCS1. The van der Waals surface area contributed by atoms with Crippen molar-refractivity contribution in [3.63, 3.8) is 0 Å². The fraction of sp³-hybridized carbons (Fsp3) is 0.933. The minimum absolute atomic E-state index is 0.333. The second kappa shape index (κ2) is 9.17. The number of thioether (sulfide) groups is 2. The first kappa shape index (κ1) is 17.2. The first-order valence-corrected chi connectivity index (χ1v) is 9.84. The minimum atomic E-state index is 0.333. The van der Waals surface area contributed by atoms with Gasteiger partial charge in [0.15, 0.2) is 5.17 Å². The number of hydrogen-bond acceptors (Lipinski definition) is 3. The highest BCUT2D eigenvalue weighted by molar-refractivity contribution is 8.13. The summed E-state index contributed by atoms with van der Waals surface area (Å²) >= 11 is 3.84. The number of aliphatic imine (C=N–C) groups is 1. The smallest absolute Gasteiger partial charge is 0.156 e.